The van der Waals surface area contributed by atoms with E-state index in [0.29, 0.717) is 55.2 Å². The van der Waals surface area contributed by atoms with Crippen molar-refractivity contribution in [2.45, 2.75) is 13.8 Å². The number of carbonyl (C=O) groups excluding carboxylic acids is 4. The third-order valence-corrected chi connectivity index (χ3v) is 5.94. The van der Waals surface area contributed by atoms with E-state index >= 15 is 0 Å². The van der Waals surface area contributed by atoms with Crippen LogP contribution in [0.15, 0.2) is 42.5 Å². The monoisotopic (exact) mass is 449 g/mol. The molecule has 8 heteroatoms. The summed E-state index contributed by atoms with van der Waals surface area (Å²) in [5, 5.41) is 0. The van der Waals surface area contributed by atoms with Crippen molar-refractivity contribution in [3.63, 3.8) is 0 Å². The molecule has 0 bridgehead atoms. The number of methoxy groups -OCH3 is 1. The Bertz CT molecular complexity index is 1120. The Labute approximate surface area is 192 Å². The van der Waals surface area contributed by atoms with Gasteiger partial charge in [0.2, 0.25) is 0 Å². The third-order valence-electron chi connectivity index (χ3n) is 5.94. The summed E-state index contributed by atoms with van der Waals surface area (Å²) >= 11 is 0. The van der Waals surface area contributed by atoms with Crippen LogP contribution < -0.4 is 4.74 Å². The van der Waals surface area contributed by atoms with Crippen LogP contribution in [0.5, 0.6) is 5.75 Å². The van der Waals surface area contributed by atoms with Crippen molar-refractivity contribution in [3.8, 4) is 5.75 Å². The number of benzene rings is 2. The molecule has 172 valence electrons. The van der Waals surface area contributed by atoms with Gasteiger partial charge in [0.05, 0.1) is 18.2 Å². The zero-order valence-electron chi connectivity index (χ0n) is 19.0. The molecular weight excluding hydrogens is 422 g/mol. The van der Waals surface area contributed by atoms with Crippen molar-refractivity contribution in [2.24, 2.45) is 5.92 Å². The van der Waals surface area contributed by atoms with Gasteiger partial charge in [0.25, 0.3) is 23.6 Å². The first-order valence-electron chi connectivity index (χ1n) is 11.0. The predicted molar refractivity (Wildman–Crippen MR) is 121 cm³/mol. The lowest BCUT2D eigenvalue weighted by molar-refractivity contribution is 0.0535. The van der Waals surface area contributed by atoms with Crippen LogP contribution in [0.2, 0.25) is 0 Å². The summed E-state index contributed by atoms with van der Waals surface area (Å²) in [6.45, 7) is 5.82. The van der Waals surface area contributed by atoms with Crippen LogP contribution >= 0.6 is 0 Å². The van der Waals surface area contributed by atoms with Crippen LogP contribution in [-0.2, 0) is 0 Å². The molecule has 33 heavy (non-hydrogen) atoms. The van der Waals surface area contributed by atoms with Gasteiger partial charge < -0.3 is 14.5 Å². The Morgan fingerprint density at radius 2 is 1.42 bits per heavy atom. The van der Waals surface area contributed by atoms with Crippen molar-refractivity contribution in [3.05, 3.63) is 64.7 Å². The Morgan fingerprint density at radius 3 is 2.00 bits per heavy atom. The summed E-state index contributed by atoms with van der Waals surface area (Å²) < 4.78 is 5.19. The van der Waals surface area contributed by atoms with Crippen LogP contribution in [0.1, 0.15) is 55.3 Å². The molecule has 0 aromatic heterocycles. The molecule has 2 heterocycles. The van der Waals surface area contributed by atoms with Crippen molar-refractivity contribution in [1.82, 2.24) is 14.7 Å². The molecule has 1 fully saturated rings. The second-order valence-electron chi connectivity index (χ2n) is 8.69. The number of hydrogen-bond donors (Lipinski definition) is 0. The van der Waals surface area contributed by atoms with Gasteiger partial charge in [0.1, 0.15) is 5.75 Å². The summed E-state index contributed by atoms with van der Waals surface area (Å²) in [6, 6.07) is 11.7. The van der Waals surface area contributed by atoms with E-state index in [-0.39, 0.29) is 35.1 Å². The summed E-state index contributed by atoms with van der Waals surface area (Å²) in [5.74, 6) is -0.211. The highest BCUT2D eigenvalue weighted by molar-refractivity contribution is 6.22. The molecular formula is C25H27N3O5. The number of rotatable bonds is 5. The molecule has 4 rings (SSSR count). The molecule has 8 nitrogen and oxygen atoms in total. The Morgan fingerprint density at radius 1 is 0.848 bits per heavy atom. The van der Waals surface area contributed by atoms with Gasteiger partial charge in [-0.2, -0.15) is 0 Å². The maximum Gasteiger partial charge on any atom is 0.261 e. The quantitative estimate of drug-likeness (QED) is 0.655. The fourth-order valence-electron chi connectivity index (χ4n) is 4.19. The van der Waals surface area contributed by atoms with E-state index in [4.69, 9.17) is 4.74 Å². The molecule has 2 aliphatic heterocycles. The van der Waals surface area contributed by atoms with Crippen LogP contribution in [0.4, 0.5) is 0 Å². The first-order valence-corrected chi connectivity index (χ1v) is 11.0. The zero-order valence-corrected chi connectivity index (χ0v) is 19.0. The molecule has 0 N–H and O–H groups in total. The fraction of sp³-hybridized carbons (Fsp3) is 0.360. The molecule has 0 aliphatic carbocycles. The molecule has 1 saturated heterocycles. The van der Waals surface area contributed by atoms with E-state index in [1.807, 2.05) is 13.8 Å². The Kier molecular flexibility index (Phi) is 6.18. The summed E-state index contributed by atoms with van der Waals surface area (Å²) in [4.78, 5) is 55.8. The maximum absolute atomic E-state index is 13.1. The van der Waals surface area contributed by atoms with Crippen molar-refractivity contribution >= 4 is 23.6 Å². The van der Waals surface area contributed by atoms with Gasteiger partial charge >= 0.3 is 0 Å². The van der Waals surface area contributed by atoms with Gasteiger partial charge in [-0.15, -0.1) is 0 Å². The number of carbonyl (C=O) groups is 4. The van der Waals surface area contributed by atoms with Gasteiger partial charge in [-0.1, -0.05) is 19.9 Å². The smallest absolute Gasteiger partial charge is 0.261 e. The number of fused-ring (bicyclic) bond motifs is 1. The van der Waals surface area contributed by atoms with Crippen LogP contribution in [0, 0.1) is 5.92 Å². The van der Waals surface area contributed by atoms with E-state index in [1.54, 1.807) is 53.3 Å². The highest BCUT2D eigenvalue weighted by Crippen LogP contribution is 2.26. The molecule has 0 saturated carbocycles. The van der Waals surface area contributed by atoms with Crippen LogP contribution in [0.3, 0.4) is 0 Å². The number of piperazine rings is 1. The second-order valence-corrected chi connectivity index (χ2v) is 8.69. The summed E-state index contributed by atoms with van der Waals surface area (Å²) in [5.41, 5.74) is 1.53. The highest BCUT2D eigenvalue weighted by Gasteiger charge is 2.36. The molecule has 2 aromatic rings. The highest BCUT2D eigenvalue weighted by atomic mass is 16.5. The first kappa shape index (κ1) is 22.5. The lowest BCUT2D eigenvalue weighted by Gasteiger charge is -2.35. The van der Waals surface area contributed by atoms with E-state index in [2.05, 4.69) is 0 Å². The van der Waals surface area contributed by atoms with Crippen molar-refractivity contribution in [1.29, 1.82) is 0 Å². The normalized spacial score (nSPS) is 15.8. The summed E-state index contributed by atoms with van der Waals surface area (Å²) in [6.07, 6.45) is 0. The Hall–Kier alpha value is -3.68. The number of hydrogen-bond acceptors (Lipinski definition) is 5. The third kappa shape index (κ3) is 4.33. The molecule has 2 aliphatic rings. The fourth-order valence-corrected chi connectivity index (χ4v) is 4.19. The lowest BCUT2D eigenvalue weighted by Crippen LogP contribution is -2.50. The van der Waals surface area contributed by atoms with Crippen molar-refractivity contribution in [2.75, 3.05) is 39.8 Å². The molecule has 0 atom stereocenters. The van der Waals surface area contributed by atoms with Crippen molar-refractivity contribution < 1.29 is 23.9 Å². The van der Waals surface area contributed by atoms with Gasteiger partial charge in [0, 0.05) is 43.9 Å². The van der Waals surface area contributed by atoms with E-state index in [0.717, 1.165) is 0 Å². The van der Waals surface area contributed by atoms with Gasteiger partial charge in [-0.3, -0.25) is 24.1 Å². The van der Waals surface area contributed by atoms with Gasteiger partial charge in [-0.25, -0.2) is 0 Å². The van der Waals surface area contributed by atoms with Crippen LogP contribution in [-0.4, -0.2) is 78.2 Å². The zero-order chi connectivity index (χ0) is 23.7. The SMILES string of the molecule is COc1cccc(C(=O)N2CCN(C(=O)c3ccc4c(c3)C(=O)N(CC(C)C)C4=O)CC2)c1. The first-order chi connectivity index (χ1) is 15.8. The van der Waals surface area contributed by atoms with Gasteiger partial charge in [0.15, 0.2) is 0 Å². The standard InChI is InChI=1S/C25H27N3O5/c1-16(2)15-28-24(31)20-8-7-18(14-21(20)25(28)32)23(30)27-11-9-26(10-12-27)22(29)17-5-4-6-19(13-17)33-3/h4-8,13-14,16H,9-12,15H2,1-3H3. The average molecular weight is 450 g/mol. The second kappa shape index (κ2) is 9.05. The molecule has 4 amide bonds. The van der Waals surface area contributed by atoms with Gasteiger partial charge in [-0.05, 0) is 42.3 Å². The molecule has 2 aromatic carbocycles. The predicted octanol–water partition coefficient (Wildman–Crippen LogP) is 2.55. The Balaban J connectivity index is 1.43. The molecule has 0 spiro atoms. The number of imide groups is 1. The van der Waals surface area contributed by atoms with Crippen LogP contribution in [0.25, 0.3) is 0 Å². The van der Waals surface area contributed by atoms with E-state index in [1.165, 1.54) is 11.0 Å². The summed E-state index contributed by atoms with van der Waals surface area (Å²) in [7, 11) is 1.55. The number of amides is 4. The minimum atomic E-state index is -0.355. The molecule has 0 radical (unpaired) electrons. The lowest BCUT2D eigenvalue weighted by atomic mass is 10.0. The maximum atomic E-state index is 13.1. The van der Waals surface area contributed by atoms with E-state index in [9.17, 15) is 19.2 Å². The number of ether oxygens (including phenoxy) is 1. The minimum absolute atomic E-state index is 0.104. The minimum Gasteiger partial charge on any atom is -0.497 e. The average Bonchev–Trinajstić information content (AvgIpc) is 3.07. The number of nitrogens with zero attached hydrogens (tertiary/aromatic N) is 3. The topological polar surface area (TPSA) is 87.2 Å². The molecule has 0 unspecified atom stereocenters. The van der Waals surface area contributed by atoms with E-state index < -0.39 is 0 Å². The largest absolute Gasteiger partial charge is 0.497 e.